The van der Waals surface area contributed by atoms with Gasteiger partial charge in [-0.05, 0) is 6.92 Å². The van der Waals surface area contributed by atoms with Crippen molar-refractivity contribution in [3.05, 3.63) is 0 Å². The van der Waals surface area contributed by atoms with Crippen molar-refractivity contribution in [2.24, 2.45) is 5.16 Å². The molecule has 0 radical (unpaired) electrons. The van der Waals surface area contributed by atoms with Gasteiger partial charge in [-0.25, -0.2) is 4.79 Å². The fraction of sp³-hybridized carbons (Fsp3) is 0.500. The number of carboxylic acid groups (broad SMARTS) is 1. The van der Waals surface area contributed by atoms with E-state index in [0.717, 1.165) is 0 Å². The number of carbonyl (C=O) groups is 2. The third kappa shape index (κ3) is 3.00. The van der Waals surface area contributed by atoms with Crippen molar-refractivity contribution in [2.75, 3.05) is 13.7 Å². The van der Waals surface area contributed by atoms with Crippen molar-refractivity contribution in [3.63, 3.8) is 0 Å². The molecule has 0 aromatic heterocycles. The number of nitrogens with one attached hydrogen (secondary N) is 1. The summed E-state index contributed by atoms with van der Waals surface area (Å²) in [7, 11) is 1.17. The molecule has 0 rings (SSSR count). The maximum atomic E-state index is 10.9. The van der Waals surface area contributed by atoms with Crippen molar-refractivity contribution < 1.29 is 19.5 Å². The molecule has 0 aliphatic carbocycles. The van der Waals surface area contributed by atoms with Gasteiger partial charge < -0.3 is 15.3 Å². The Bertz CT molecular complexity index is 212. The third-order valence-corrected chi connectivity index (χ3v) is 0.938. The van der Waals surface area contributed by atoms with Crippen LogP contribution >= 0.6 is 0 Å². The van der Waals surface area contributed by atoms with Crippen LogP contribution in [0.5, 0.6) is 0 Å². The molecular formula is C6H10N2O4. The highest BCUT2D eigenvalue weighted by Gasteiger charge is 2.19. The van der Waals surface area contributed by atoms with E-state index in [9.17, 15) is 9.59 Å². The van der Waals surface area contributed by atoms with Crippen molar-refractivity contribution in [1.29, 1.82) is 0 Å². The minimum Gasteiger partial charge on any atom is -0.476 e. The van der Waals surface area contributed by atoms with Crippen molar-refractivity contribution in [3.8, 4) is 0 Å². The van der Waals surface area contributed by atoms with E-state index in [1.54, 1.807) is 6.92 Å². The molecule has 0 aliphatic heterocycles. The van der Waals surface area contributed by atoms with Crippen LogP contribution in [0, 0.1) is 0 Å². The van der Waals surface area contributed by atoms with Gasteiger partial charge >= 0.3 is 5.97 Å². The Morgan fingerprint density at radius 3 is 2.50 bits per heavy atom. The molecule has 68 valence electrons. The van der Waals surface area contributed by atoms with Crippen molar-refractivity contribution >= 4 is 17.6 Å². The van der Waals surface area contributed by atoms with Gasteiger partial charge in [0.1, 0.15) is 7.11 Å². The Morgan fingerprint density at radius 1 is 1.58 bits per heavy atom. The first-order valence-corrected chi connectivity index (χ1v) is 3.26. The summed E-state index contributed by atoms with van der Waals surface area (Å²) in [6.07, 6.45) is 0. The number of hydrogen-bond acceptors (Lipinski definition) is 4. The van der Waals surface area contributed by atoms with E-state index in [1.165, 1.54) is 7.11 Å². The number of nitrogens with zero attached hydrogens (tertiary/aromatic N) is 1. The number of rotatable bonds is 4. The summed E-state index contributed by atoms with van der Waals surface area (Å²) in [5.41, 5.74) is -0.653. The minimum absolute atomic E-state index is 0.342. The molecule has 0 atom stereocenters. The highest BCUT2D eigenvalue weighted by atomic mass is 16.6. The first-order valence-electron chi connectivity index (χ1n) is 3.26. The SMILES string of the molecule is CCNC(=O)/C(=N/OC)C(=O)O. The summed E-state index contributed by atoms with van der Waals surface area (Å²) in [6, 6.07) is 0. The van der Waals surface area contributed by atoms with E-state index in [4.69, 9.17) is 5.11 Å². The lowest BCUT2D eigenvalue weighted by atomic mass is 10.3. The van der Waals surface area contributed by atoms with Gasteiger partial charge in [0.15, 0.2) is 0 Å². The predicted molar refractivity (Wildman–Crippen MR) is 40.8 cm³/mol. The lowest BCUT2D eigenvalue weighted by Gasteiger charge is -1.99. The van der Waals surface area contributed by atoms with E-state index in [2.05, 4.69) is 15.3 Å². The maximum absolute atomic E-state index is 10.9. The van der Waals surface area contributed by atoms with Gasteiger partial charge in [0.25, 0.3) is 11.6 Å². The number of carbonyl (C=O) groups excluding carboxylic acids is 1. The standard InChI is InChI=1S/C6H10N2O4/c1-3-7-5(9)4(6(10)11)8-12-2/h3H2,1-2H3,(H,7,9)(H,10,11)/b8-4-. The Labute approximate surface area is 69.2 Å². The van der Waals surface area contributed by atoms with Crippen molar-refractivity contribution in [1.82, 2.24) is 5.32 Å². The zero-order chi connectivity index (χ0) is 9.56. The first-order chi connectivity index (χ1) is 5.63. The molecule has 0 aromatic rings. The van der Waals surface area contributed by atoms with Gasteiger partial charge in [-0.1, -0.05) is 5.16 Å². The first kappa shape index (κ1) is 10.4. The fourth-order valence-corrected chi connectivity index (χ4v) is 0.513. The van der Waals surface area contributed by atoms with Gasteiger partial charge in [0, 0.05) is 6.54 Å². The van der Waals surface area contributed by atoms with Gasteiger partial charge in [0.2, 0.25) is 0 Å². The average Bonchev–Trinajstić information content (AvgIpc) is 1.99. The lowest BCUT2D eigenvalue weighted by molar-refractivity contribution is -0.130. The number of carboxylic acids is 1. The van der Waals surface area contributed by atoms with Crippen LogP contribution in [0.1, 0.15) is 6.92 Å². The zero-order valence-corrected chi connectivity index (χ0v) is 6.83. The summed E-state index contributed by atoms with van der Waals surface area (Å²) in [4.78, 5) is 25.4. The maximum Gasteiger partial charge on any atom is 0.363 e. The Morgan fingerprint density at radius 2 is 2.17 bits per heavy atom. The van der Waals surface area contributed by atoms with E-state index >= 15 is 0 Å². The quantitative estimate of drug-likeness (QED) is 0.332. The van der Waals surface area contributed by atoms with Gasteiger partial charge in [-0.2, -0.15) is 0 Å². The van der Waals surface area contributed by atoms with Crippen LogP contribution in [0.2, 0.25) is 0 Å². The highest BCUT2D eigenvalue weighted by Crippen LogP contribution is 1.81. The second kappa shape index (κ2) is 5.11. The number of oxime groups is 1. The van der Waals surface area contributed by atoms with Crippen LogP contribution in [0.25, 0.3) is 0 Å². The largest absolute Gasteiger partial charge is 0.476 e. The normalized spacial score (nSPS) is 10.7. The minimum atomic E-state index is -1.41. The molecule has 0 heterocycles. The molecule has 1 amide bonds. The highest BCUT2D eigenvalue weighted by molar-refractivity contribution is 6.63. The van der Waals surface area contributed by atoms with E-state index in [1.807, 2.05) is 0 Å². The number of aliphatic carboxylic acids is 1. The summed E-state index contributed by atoms with van der Waals surface area (Å²) >= 11 is 0. The molecule has 0 spiro atoms. The van der Waals surface area contributed by atoms with Crippen LogP contribution < -0.4 is 5.32 Å². The summed E-state index contributed by atoms with van der Waals surface area (Å²) in [5, 5.41) is 13.8. The molecule has 0 fully saturated rings. The molecule has 6 heteroatoms. The van der Waals surface area contributed by atoms with Crippen LogP contribution in [0.15, 0.2) is 5.16 Å². The average molecular weight is 174 g/mol. The fourth-order valence-electron chi connectivity index (χ4n) is 0.513. The van der Waals surface area contributed by atoms with Crippen LogP contribution in [0.3, 0.4) is 0 Å². The second-order valence-corrected chi connectivity index (χ2v) is 1.79. The van der Waals surface area contributed by atoms with Crippen LogP contribution in [-0.2, 0) is 14.4 Å². The molecule has 0 bridgehead atoms. The molecular weight excluding hydrogens is 164 g/mol. The van der Waals surface area contributed by atoms with Crippen molar-refractivity contribution in [2.45, 2.75) is 6.92 Å². The summed E-state index contributed by atoms with van der Waals surface area (Å²) in [5.74, 6) is -2.17. The van der Waals surface area contributed by atoms with E-state index in [0.29, 0.717) is 6.54 Å². The van der Waals surface area contributed by atoms with Gasteiger partial charge in [0.05, 0.1) is 0 Å². The van der Waals surface area contributed by atoms with E-state index in [-0.39, 0.29) is 0 Å². The monoisotopic (exact) mass is 174 g/mol. The summed E-state index contributed by atoms with van der Waals surface area (Å²) in [6.45, 7) is 2.01. The molecule has 0 aliphatic rings. The molecule has 0 saturated carbocycles. The topological polar surface area (TPSA) is 88.0 Å². The number of amides is 1. The number of hydrogen-bond donors (Lipinski definition) is 2. The molecule has 0 saturated heterocycles. The Balaban J connectivity index is 4.41. The third-order valence-electron chi connectivity index (χ3n) is 0.938. The molecule has 12 heavy (non-hydrogen) atoms. The molecule has 0 aromatic carbocycles. The summed E-state index contributed by atoms with van der Waals surface area (Å²) < 4.78 is 0. The second-order valence-electron chi connectivity index (χ2n) is 1.79. The molecule has 6 nitrogen and oxygen atoms in total. The molecule has 0 unspecified atom stereocenters. The van der Waals surface area contributed by atoms with Gasteiger partial charge in [-0.3, -0.25) is 4.79 Å². The van der Waals surface area contributed by atoms with Crippen LogP contribution in [-0.4, -0.2) is 36.3 Å². The Kier molecular flexibility index (Phi) is 4.43. The predicted octanol–water partition coefficient (Wildman–Crippen LogP) is -0.791. The molecule has 2 N–H and O–H groups in total. The Hall–Kier alpha value is -1.59. The smallest absolute Gasteiger partial charge is 0.363 e. The van der Waals surface area contributed by atoms with Gasteiger partial charge in [-0.15, -0.1) is 0 Å². The lowest BCUT2D eigenvalue weighted by Crippen LogP contribution is -2.35. The van der Waals surface area contributed by atoms with E-state index < -0.39 is 17.6 Å². The van der Waals surface area contributed by atoms with Crippen LogP contribution in [0.4, 0.5) is 0 Å². The zero-order valence-electron chi connectivity index (χ0n) is 6.83.